The van der Waals surface area contributed by atoms with Crippen LogP contribution in [-0.2, 0) is 30.2 Å². The lowest BCUT2D eigenvalue weighted by Gasteiger charge is -2.07. The Balaban J connectivity index is 2.20. The molecule has 0 bridgehead atoms. The number of aromatic amines is 1. The third kappa shape index (κ3) is 2.89. The van der Waals surface area contributed by atoms with E-state index in [0.717, 1.165) is 11.4 Å². The summed E-state index contributed by atoms with van der Waals surface area (Å²) in [6, 6.07) is 1.76. The molecule has 0 aromatic carbocycles. The molecule has 2 aromatic heterocycles. The molecule has 0 aliphatic carbocycles. The number of sulfonamides is 1. The number of hydrogen-bond acceptors (Lipinski definition) is 5. The van der Waals surface area contributed by atoms with Crippen LogP contribution in [-0.4, -0.2) is 35.4 Å². The number of nitrogens with zero attached hydrogens (tertiary/aromatic N) is 3. The van der Waals surface area contributed by atoms with Gasteiger partial charge < -0.3 is 5.32 Å². The van der Waals surface area contributed by atoms with E-state index >= 15 is 0 Å². The van der Waals surface area contributed by atoms with Crippen molar-refractivity contribution in [3.63, 3.8) is 0 Å². The van der Waals surface area contributed by atoms with Gasteiger partial charge in [-0.25, -0.2) is 13.1 Å². The van der Waals surface area contributed by atoms with Crippen LogP contribution in [0.5, 0.6) is 0 Å². The van der Waals surface area contributed by atoms with Gasteiger partial charge in [-0.05, 0) is 20.0 Å². The van der Waals surface area contributed by atoms with E-state index in [4.69, 9.17) is 0 Å². The molecule has 0 amide bonds. The summed E-state index contributed by atoms with van der Waals surface area (Å²) in [6.07, 6.45) is 1.62. The number of rotatable bonds is 6. The van der Waals surface area contributed by atoms with Crippen molar-refractivity contribution in [2.24, 2.45) is 7.05 Å². The van der Waals surface area contributed by atoms with Gasteiger partial charge in [-0.1, -0.05) is 0 Å². The van der Waals surface area contributed by atoms with Gasteiger partial charge in [0.25, 0.3) is 10.0 Å². The Morgan fingerprint density at radius 2 is 2.15 bits per heavy atom. The summed E-state index contributed by atoms with van der Waals surface area (Å²) < 4.78 is 28.7. The molecule has 20 heavy (non-hydrogen) atoms. The highest BCUT2D eigenvalue weighted by Crippen LogP contribution is 2.16. The van der Waals surface area contributed by atoms with Gasteiger partial charge >= 0.3 is 0 Å². The molecular weight excluding hydrogens is 280 g/mol. The summed E-state index contributed by atoms with van der Waals surface area (Å²) >= 11 is 0. The molecule has 110 valence electrons. The third-order valence-electron chi connectivity index (χ3n) is 3.01. The van der Waals surface area contributed by atoms with E-state index in [0.29, 0.717) is 12.1 Å². The summed E-state index contributed by atoms with van der Waals surface area (Å²) in [5, 5.41) is 13.6. The first-order valence-corrected chi connectivity index (χ1v) is 7.59. The first kappa shape index (κ1) is 14.7. The molecule has 9 heteroatoms. The van der Waals surface area contributed by atoms with Gasteiger partial charge in [0.2, 0.25) is 0 Å². The zero-order valence-electron chi connectivity index (χ0n) is 11.6. The van der Waals surface area contributed by atoms with E-state index in [2.05, 4.69) is 25.3 Å². The lowest BCUT2D eigenvalue weighted by molar-refractivity contribution is 0.571. The van der Waals surface area contributed by atoms with Crippen LogP contribution in [0, 0.1) is 6.92 Å². The minimum absolute atomic E-state index is 0.0338. The van der Waals surface area contributed by atoms with Gasteiger partial charge in [-0.15, -0.1) is 0 Å². The van der Waals surface area contributed by atoms with Crippen LogP contribution in [0.4, 0.5) is 0 Å². The number of H-pyrrole nitrogens is 1. The van der Waals surface area contributed by atoms with Crippen LogP contribution in [0.15, 0.2) is 17.3 Å². The van der Waals surface area contributed by atoms with Crippen molar-refractivity contribution < 1.29 is 8.42 Å². The van der Waals surface area contributed by atoms with E-state index in [1.807, 2.05) is 0 Å². The second-order valence-electron chi connectivity index (χ2n) is 4.43. The van der Waals surface area contributed by atoms with E-state index in [1.54, 1.807) is 38.0 Å². The minimum atomic E-state index is -3.66. The van der Waals surface area contributed by atoms with Gasteiger partial charge in [0.15, 0.2) is 5.03 Å². The van der Waals surface area contributed by atoms with E-state index < -0.39 is 10.0 Å². The number of hydrogen-bond donors (Lipinski definition) is 3. The molecule has 0 saturated carbocycles. The van der Waals surface area contributed by atoms with Crippen molar-refractivity contribution in [1.82, 2.24) is 30.0 Å². The quantitative estimate of drug-likeness (QED) is 0.676. The van der Waals surface area contributed by atoms with Gasteiger partial charge in [0, 0.05) is 31.0 Å². The third-order valence-corrected chi connectivity index (χ3v) is 4.38. The Labute approximate surface area is 117 Å². The molecule has 2 heterocycles. The maximum Gasteiger partial charge on any atom is 0.260 e. The fourth-order valence-electron chi connectivity index (χ4n) is 1.85. The Bertz CT molecular complexity index is 688. The highest BCUT2D eigenvalue weighted by atomic mass is 32.2. The monoisotopic (exact) mass is 298 g/mol. The zero-order chi connectivity index (χ0) is 14.8. The maximum absolute atomic E-state index is 12.3. The fourth-order valence-corrected chi connectivity index (χ4v) is 3.04. The average Bonchev–Trinajstić information content (AvgIpc) is 2.95. The number of aromatic nitrogens is 4. The molecule has 0 saturated heterocycles. The highest BCUT2D eigenvalue weighted by Gasteiger charge is 2.23. The molecule has 0 radical (unpaired) electrons. The zero-order valence-corrected chi connectivity index (χ0v) is 12.5. The van der Waals surface area contributed by atoms with Gasteiger partial charge in [-0.3, -0.25) is 9.78 Å². The topological polar surface area (TPSA) is 105 Å². The maximum atomic E-state index is 12.3. The molecule has 2 rings (SSSR count). The summed E-state index contributed by atoms with van der Waals surface area (Å²) in [5.41, 5.74) is 2.15. The second kappa shape index (κ2) is 5.73. The van der Waals surface area contributed by atoms with Crippen molar-refractivity contribution in [1.29, 1.82) is 0 Å². The molecule has 0 aliphatic rings. The molecule has 2 aromatic rings. The normalized spacial score (nSPS) is 11.9. The molecule has 0 unspecified atom stereocenters. The standard InChI is InChI=1S/C11H18N6O2S/c1-8-10(7-12-2)11(16-15-8)20(18,19)14-6-9-4-5-13-17(9)3/h4-5,12,14H,6-7H2,1-3H3,(H,15,16). The summed E-state index contributed by atoms with van der Waals surface area (Å²) in [6.45, 7) is 2.40. The van der Waals surface area contributed by atoms with E-state index in [-0.39, 0.29) is 11.6 Å². The molecule has 0 atom stereocenters. The summed E-state index contributed by atoms with van der Waals surface area (Å²) in [5.74, 6) is 0. The Morgan fingerprint density at radius 1 is 1.40 bits per heavy atom. The average molecular weight is 298 g/mol. The lowest BCUT2D eigenvalue weighted by atomic mass is 10.3. The van der Waals surface area contributed by atoms with Crippen LogP contribution in [0.3, 0.4) is 0 Å². The Morgan fingerprint density at radius 3 is 2.75 bits per heavy atom. The highest BCUT2D eigenvalue weighted by molar-refractivity contribution is 7.89. The minimum Gasteiger partial charge on any atom is -0.316 e. The van der Waals surface area contributed by atoms with Crippen molar-refractivity contribution in [2.75, 3.05) is 7.05 Å². The number of nitrogens with one attached hydrogen (secondary N) is 3. The molecule has 0 spiro atoms. The predicted octanol–water partition coefficient (Wildman–Crippen LogP) is -0.350. The second-order valence-corrected chi connectivity index (χ2v) is 6.12. The van der Waals surface area contributed by atoms with Gasteiger partial charge in [0.1, 0.15) is 0 Å². The first-order valence-electron chi connectivity index (χ1n) is 6.10. The van der Waals surface area contributed by atoms with Crippen LogP contribution in [0.25, 0.3) is 0 Å². The molecule has 8 nitrogen and oxygen atoms in total. The number of aryl methyl sites for hydroxylation is 2. The summed E-state index contributed by atoms with van der Waals surface area (Å²) in [4.78, 5) is 0. The molecule has 0 aliphatic heterocycles. The van der Waals surface area contributed by atoms with Gasteiger partial charge in [0.05, 0.1) is 12.2 Å². The largest absolute Gasteiger partial charge is 0.316 e. The first-order chi connectivity index (χ1) is 9.45. The van der Waals surface area contributed by atoms with Crippen molar-refractivity contribution in [2.45, 2.75) is 25.0 Å². The molecular formula is C11H18N6O2S. The fraction of sp³-hybridized carbons (Fsp3) is 0.455. The SMILES string of the molecule is CNCc1c(S(=O)(=O)NCc2ccnn2C)n[nH]c1C. The smallest absolute Gasteiger partial charge is 0.260 e. The van der Waals surface area contributed by atoms with E-state index in [9.17, 15) is 8.42 Å². The lowest BCUT2D eigenvalue weighted by Crippen LogP contribution is -2.26. The van der Waals surface area contributed by atoms with Crippen LogP contribution in [0.2, 0.25) is 0 Å². The Hall–Kier alpha value is -1.71. The van der Waals surface area contributed by atoms with Crippen LogP contribution < -0.4 is 10.0 Å². The van der Waals surface area contributed by atoms with E-state index in [1.165, 1.54) is 0 Å². The van der Waals surface area contributed by atoms with Crippen molar-refractivity contribution >= 4 is 10.0 Å². The summed E-state index contributed by atoms with van der Waals surface area (Å²) in [7, 11) is -0.144. The predicted molar refractivity (Wildman–Crippen MR) is 73.3 cm³/mol. The van der Waals surface area contributed by atoms with Gasteiger partial charge in [-0.2, -0.15) is 10.2 Å². The Kier molecular flexibility index (Phi) is 4.21. The molecule has 0 fully saturated rings. The molecule has 3 N–H and O–H groups in total. The van der Waals surface area contributed by atoms with Crippen LogP contribution >= 0.6 is 0 Å². The van der Waals surface area contributed by atoms with Crippen molar-refractivity contribution in [3.8, 4) is 0 Å². The van der Waals surface area contributed by atoms with Crippen molar-refractivity contribution in [3.05, 3.63) is 29.2 Å². The van der Waals surface area contributed by atoms with Crippen LogP contribution in [0.1, 0.15) is 17.0 Å².